The smallest absolute Gasteiger partial charge is 0.353 e. The summed E-state index contributed by atoms with van der Waals surface area (Å²) in [7, 11) is -2.33. The van der Waals surface area contributed by atoms with Gasteiger partial charge in [0.25, 0.3) is 9.84 Å². The van der Waals surface area contributed by atoms with Crippen LogP contribution < -0.4 is 4.74 Å². The van der Waals surface area contributed by atoms with Crippen molar-refractivity contribution in [2.24, 2.45) is 0 Å². The molecule has 0 amide bonds. The minimum absolute atomic E-state index is 0.139. The van der Waals surface area contributed by atoms with Crippen molar-refractivity contribution in [3.05, 3.63) is 71.1 Å². The predicted molar refractivity (Wildman–Crippen MR) is 80.7 cm³/mol. The molecule has 0 saturated carbocycles. The lowest BCUT2D eigenvalue weighted by molar-refractivity contribution is 0.410. The fraction of sp³-hybridized carbons (Fsp3) is 0.188. The lowest BCUT2D eigenvalue weighted by Gasteiger charge is -2.11. The molecular weight excluding hydrogens is 286 g/mol. The van der Waals surface area contributed by atoms with Crippen molar-refractivity contribution >= 4 is 9.84 Å². The van der Waals surface area contributed by atoms with E-state index in [2.05, 4.69) is 4.85 Å². The molecule has 0 aromatic heterocycles. The van der Waals surface area contributed by atoms with E-state index in [1.54, 1.807) is 36.4 Å². The van der Waals surface area contributed by atoms with Gasteiger partial charge in [-0.25, -0.2) is 15.0 Å². The Labute approximate surface area is 124 Å². The zero-order valence-corrected chi connectivity index (χ0v) is 12.6. The number of nitrogens with zero attached hydrogens (tertiary/aromatic N) is 1. The van der Waals surface area contributed by atoms with Gasteiger partial charge in [-0.1, -0.05) is 29.8 Å². The van der Waals surface area contributed by atoms with Crippen LogP contribution in [0.15, 0.2) is 53.4 Å². The Kier molecular flexibility index (Phi) is 4.29. The topological polar surface area (TPSA) is 47.7 Å². The van der Waals surface area contributed by atoms with E-state index in [1.807, 2.05) is 6.92 Å². The Morgan fingerprint density at radius 1 is 1.10 bits per heavy atom. The number of para-hydroxylation sites is 1. The lowest BCUT2D eigenvalue weighted by Crippen LogP contribution is -2.11. The Balaban J connectivity index is 2.55. The number of benzene rings is 2. The van der Waals surface area contributed by atoms with Gasteiger partial charge >= 0.3 is 5.37 Å². The van der Waals surface area contributed by atoms with Gasteiger partial charge in [0.2, 0.25) is 0 Å². The molecule has 0 aliphatic rings. The number of hydrogen-bond donors (Lipinski definition) is 0. The van der Waals surface area contributed by atoms with E-state index in [9.17, 15) is 8.42 Å². The summed E-state index contributed by atoms with van der Waals surface area (Å²) in [6.45, 7) is 9.18. The van der Waals surface area contributed by atoms with E-state index in [0.717, 1.165) is 5.56 Å². The molecule has 0 aliphatic heterocycles. The van der Waals surface area contributed by atoms with Gasteiger partial charge < -0.3 is 4.74 Å². The van der Waals surface area contributed by atoms with Crippen LogP contribution >= 0.6 is 0 Å². The van der Waals surface area contributed by atoms with E-state index in [-0.39, 0.29) is 4.90 Å². The molecule has 2 aromatic carbocycles. The zero-order valence-electron chi connectivity index (χ0n) is 11.8. The van der Waals surface area contributed by atoms with Gasteiger partial charge in [0.1, 0.15) is 5.75 Å². The van der Waals surface area contributed by atoms with E-state index in [4.69, 9.17) is 11.3 Å². The number of methoxy groups -OCH3 is 1. The molecule has 2 rings (SSSR count). The third kappa shape index (κ3) is 2.91. The molecule has 0 aliphatic carbocycles. The fourth-order valence-electron chi connectivity index (χ4n) is 2.03. The van der Waals surface area contributed by atoms with Crippen LogP contribution in [-0.2, 0) is 9.84 Å². The molecule has 5 heteroatoms. The molecule has 0 heterocycles. The standard InChI is InChI=1S/C16H15NO3S/c1-12-8-10-13(11-9-12)21(18,19)16(17-2)14-6-4-5-7-15(14)20-3/h4-11,16H,1,3H3. The Morgan fingerprint density at radius 2 is 1.71 bits per heavy atom. The van der Waals surface area contributed by atoms with Gasteiger partial charge in [0, 0.05) is 0 Å². The number of hydrogen-bond acceptors (Lipinski definition) is 3. The molecule has 0 radical (unpaired) electrons. The van der Waals surface area contributed by atoms with E-state index < -0.39 is 15.2 Å². The first-order valence-electron chi connectivity index (χ1n) is 6.30. The van der Waals surface area contributed by atoms with E-state index in [0.29, 0.717) is 11.3 Å². The number of rotatable bonds is 4. The molecule has 21 heavy (non-hydrogen) atoms. The molecule has 108 valence electrons. The third-order valence-corrected chi connectivity index (χ3v) is 5.04. The van der Waals surface area contributed by atoms with Crippen molar-refractivity contribution in [1.29, 1.82) is 0 Å². The highest BCUT2D eigenvalue weighted by Gasteiger charge is 2.36. The van der Waals surface area contributed by atoms with Gasteiger partial charge in [-0.2, -0.15) is 0 Å². The first-order valence-corrected chi connectivity index (χ1v) is 7.85. The first-order chi connectivity index (χ1) is 10.0. The summed E-state index contributed by atoms with van der Waals surface area (Å²) in [5.41, 5.74) is 1.32. The Bertz CT molecular complexity index is 774. The Morgan fingerprint density at radius 3 is 2.29 bits per heavy atom. The summed E-state index contributed by atoms with van der Waals surface area (Å²) in [6.07, 6.45) is 0. The highest BCUT2D eigenvalue weighted by atomic mass is 32.2. The molecule has 1 unspecified atom stereocenters. The minimum Gasteiger partial charge on any atom is -0.496 e. The van der Waals surface area contributed by atoms with Crippen molar-refractivity contribution in [3.63, 3.8) is 0 Å². The number of sulfone groups is 1. The molecule has 0 saturated heterocycles. The van der Waals surface area contributed by atoms with E-state index in [1.165, 1.54) is 19.2 Å². The van der Waals surface area contributed by atoms with Crippen LogP contribution in [0.4, 0.5) is 0 Å². The SMILES string of the molecule is [C-]#[N+]C(c1ccccc1OC)S(=O)(=O)c1ccc(C)cc1. The summed E-state index contributed by atoms with van der Waals surface area (Å²) in [5, 5.41) is -1.31. The maximum atomic E-state index is 12.7. The maximum Gasteiger partial charge on any atom is 0.353 e. The number of aryl methyl sites for hydroxylation is 1. The van der Waals surface area contributed by atoms with Crippen molar-refractivity contribution in [3.8, 4) is 5.75 Å². The molecule has 0 fully saturated rings. The van der Waals surface area contributed by atoms with Crippen molar-refractivity contribution in [1.82, 2.24) is 0 Å². The highest BCUT2D eigenvalue weighted by molar-refractivity contribution is 7.91. The second kappa shape index (κ2) is 5.98. The minimum atomic E-state index is -3.79. The quantitative estimate of drug-likeness (QED) is 0.813. The second-order valence-electron chi connectivity index (χ2n) is 4.58. The third-order valence-electron chi connectivity index (χ3n) is 3.17. The van der Waals surface area contributed by atoms with Gasteiger partial charge in [-0.15, -0.1) is 0 Å². The molecule has 1 atom stereocenters. The second-order valence-corrected chi connectivity index (χ2v) is 6.59. The zero-order chi connectivity index (χ0) is 15.5. The Hall–Kier alpha value is -2.32. The van der Waals surface area contributed by atoms with E-state index >= 15 is 0 Å². The predicted octanol–water partition coefficient (Wildman–Crippen LogP) is 3.40. The molecule has 2 aromatic rings. The molecule has 0 N–H and O–H groups in total. The monoisotopic (exact) mass is 301 g/mol. The lowest BCUT2D eigenvalue weighted by atomic mass is 10.2. The average molecular weight is 301 g/mol. The van der Waals surface area contributed by atoms with Crippen molar-refractivity contribution in [2.45, 2.75) is 17.2 Å². The normalized spacial score (nSPS) is 12.4. The summed E-state index contributed by atoms with van der Waals surface area (Å²) < 4.78 is 30.5. The maximum absolute atomic E-state index is 12.7. The van der Waals surface area contributed by atoms with Gasteiger partial charge in [0.15, 0.2) is 0 Å². The van der Waals surface area contributed by atoms with Crippen molar-refractivity contribution < 1.29 is 13.2 Å². The van der Waals surface area contributed by atoms with Crippen LogP contribution in [0.25, 0.3) is 4.85 Å². The first kappa shape index (κ1) is 15.1. The molecule has 0 spiro atoms. The molecule has 4 nitrogen and oxygen atoms in total. The van der Waals surface area contributed by atoms with Crippen LogP contribution in [0.3, 0.4) is 0 Å². The summed E-state index contributed by atoms with van der Waals surface area (Å²) >= 11 is 0. The van der Waals surface area contributed by atoms with Crippen molar-refractivity contribution in [2.75, 3.05) is 7.11 Å². The van der Waals surface area contributed by atoms with Crippen LogP contribution in [0.5, 0.6) is 5.75 Å². The van der Waals surface area contributed by atoms with Gasteiger partial charge in [-0.3, -0.25) is 4.85 Å². The van der Waals surface area contributed by atoms with Crippen LogP contribution in [0, 0.1) is 13.5 Å². The summed E-state index contributed by atoms with van der Waals surface area (Å²) in [4.78, 5) is 3.46. The number of ether oxygens (including phenoxy) is 1. The largest absolute Gasteiger partial charge is 0.496 e. The summed E-state index contributed by atoms with van der Waals surface area (Å²) in [5.74, 6) is 0.397. The van der Waals surface area contributed by atoms with Crippen LogP contribution in [-0.4, -0.2) is 15.5 Å². The van der Waals surface area contributed by atoms with Gasteiger partial charge in [-0.05, 0) is 31.2 Å². The van der Waals surface area contributed by atoms with Crippen LogP contribution in [0.1, 0.15) is 16.5 Å². The average Bonchev–Trinajstić information content (AvgIpc) is 2.48. The molecule has 0 bridgehead atoms. The van der Waals surface area contributed by atoms with Crippen LogP contribution in [0.2, 0.25) is 0 Å². The van der Waals surface area contributed by atoms with Gasteiger partial charge in [0.05, 0.1) is 17.6 Å². The molecular formula is C16H15NO3S. The fourth-order valence-corrected chi connectivity index (χ4v) is 3.47. The summed E-state index contributed by atoms with van der Waals surface area (Å²) in [6, 6.07) is 13.2. The highest BCUT2D eigenvalue weighted by Crippen LogP contribution is 2.35.